The summed E-state index contributed by atoms with van der Waals surface area (Å²) in [5, 5.41) is 6.50. The van der Waals surface area contributed by atoms with Gasteiger partial charge in [-0.2, -0.15) is 0 Å². The molecule has 1 atom stereocenters. The van der Waals surface area contributed by atoms with E-state index in [1.807, 2.05) is 49.4 Å². The second-order valence-corrected chi connectivity index (χ2v) is 6.14. The first kappa shape index (κ1) is 13.9. The van der Waals surface area contributed by atoms with Crippen LogP contribution in [0, 0.1) is 0 Å². The molecule has 2 heterocycles. The molecule has 23 heavy (non-hydrogen) atoms. The molecule has 5 heteroatoms. The summed E-state index contributed by atoms with van der Waals surface area (Å²) < 4.78 is 10.7. The monoisotopic (exact) mass is 310 g/mol. The first-order chi connectivity index (χ1) is 11.1. The molecule has 2 aromatic carbocycles. The number of rotatable bonds is 3. The molecule has 0 aliphatic carbocycles. The fraction of sp³-hybridized carbons (Fsp3) is 0.278. The van der Waals surface area contributed by atoms with Gasteiger partial charge in [-0.05, 0) is 49.6 Å². The first-order valence-electron chi connectivity index (χ1n) is 7.71. The van der Waals surface area contributed by atoms with Crippen LogP contribution in [-0.2, 0) is 6.42 Å². The highest BCUT2D eigenvalue weighted by Crippen LogP contribution is 2.33. The summed E-state index contributed by atoms with van der Waals surface area (Å²) in [6.45, 7) is 2.29. The van der Waals surface area contributed by atoms with Gasteiger partial charge in [-0.1, -0.05) is 18.2 Å². The van der Waals surface area contributed by atoms with Crippen molar-refractivity contribution in [3.63, 3.8) is 0 Å². The predicted octanol–water partition coefficient (Wildman–Crippen LogP) is 2.92. The SMILES string of the molecule is C[C@@]1(CCc2ccc3c(c2)OCO3)NC(=O)c2ccccc2N1. The molecule has 2 aliphatic rings. The van der Waals surface area contributed by atoms with Gasteiger partial charge < -0.3 is 20.1 Å². The molecule has 5 nitrogen and oxygen atoms in total. The summed E-state index contributed by atoms with van der Waals surface area (Å²) in [4.78, 5) is 12.3. The number of nitrogens with one attached hydrogen (secondary N) is 2. The molecule has 0 spiro atoms. The van der Waals surface area contributed by atoms with Gasteiger partial charge in [0.25, 0.3) is 5.91 Å². The van der Waals surface area contributed by atoms with E-state index in [-0.39, 0.29) is 12.7 Å². The summed E-state index contributed by atoms with van der Waals surface area (Å²) in [6.07, 6.45) is 1.59. The van der Waals surface area contributed by atoms with Crippen LogP contribution in [0.2, 0.25) is 0 Å². The lowest BCUT2D eigenvalue weighted by molar-refractivity contribution is 0.0903. The van der Waals surface area contributed by atoms with E-state index in [1.165, 1.54) is 0 Å². The molecule has 0 saturated carbocycles. The van der Waals surface area contributed by atoms with Crippen molar-refractivity contribution in [3.05, 3.63) is 53.6 Å². The zero-order chi connectivity index (χ0) is 15.9. The van der Waals surface area contributed by atoms with E-state index < -0.39 is 5.66 Å². The van der Waals surface area contributed by atoms with E-state index in [0.29, 0.717) is 5.56 Å². The molecule has 118 valence electrons. The van der Waals surface area contributed by atoms with Crippen LogP contribution >= 0.6 is 0 Å². The Kier molecular flexibility index (Phi) is 3.15. The molecule has 0 radical (unpaired) electrons. The molecular weight excluding hydrogens is 292 g/mol. The molecule has 2 N–H and O–H groups in total. The molecule has 2 aliphatic heterocycles. The maximum Gasteiger partial charge on any atom is 0.255 e. The van der Waals surface area contributed by atoms with Crippen LogP contribution in [0.15, 0.2) is 42.5 Å². The highest BCUT2D eigenvalue weighted by Gasteiger charge is 2.32. The molecule has 0 saturated heterocycles. The summed E-state index contributed by atoms with van der Waals surface area (Å²) >= 11 is 0. The Balaban J connectivity index is 1.50. The number of hydrogen-bond donors (Lipinski definition) is 2. The van der Waals surface area contributed by atoms with Gasteiger partial charge in [-0.25, -0.2) is 0 Å². The fourth-order valence-electron chi connectivity index (χ4n) is 3.05. The summed E-state index contributed by atoms with van der Waals surface area (Å²) in [7, 11) is 0. The number of amides is 1. The van der Waals surface area contributed by atoms with E-state index in [2.05, 4.69) is 10.6 Å². The summed E-state index contributed by atoms with van der Waals surface area (Å²) in [5.74, 6) is 1.55. The lowest BCUT2D eigenvalue weighted by atomic mass is 9.96. The average molecular weight is 310 g/mol. The average Bonchev–Trinajstić information content (AvgIpc) is 3.00. The minimum atomic E-state index is -0.470. The largest absolute Gasteiger partial charge is 0.454 e. The van der Waals surface area contributed by atoms with Crippen molar-refractivity contribution in [3.8, 4) is 11.5 Å². The third-order valence-electron chi connectivity index (χ3n) is 4.32. The number of fused-ring (bicyclic) bond motifs is 2. The van der Waals surface area contributed by atoms with Crippen molar-refractivity contribution >= 4 is 11.6 Å². The Labute approximate surface area is 134 Å². The van der Waals surface area contributed by atoms with Gasteiger partial charge >= 0.3 is 0 Å². The number of carbonyl (C=O) groups is 1. The highest BCUT2D eigenvalue weighted by atomic mass is 16.7. The van der Waals surface area contributed by atoms with Gasteiger partial charge in [0.1, 0.15) is 5.66 Å². The highest BCUT2D eigenvalue weighted by molar-refractivity contribution is 6.02. The first-order valence-corrected chi connectivity index (χ1v) is 7.71. The van der Waals surface area contributed by atoms with Crippen molar-refractivity contribution in [2.24, 2.45) is 0 Å². The lowest BCUT2D eigenvalue weighted by Crippen LogP contribution is -2.55. The third kappa shape index (κ3) is 2.59. The summed E-state index contributed by atoms with van der Waals surface area (Å²) in [5.41, 5.74) is 2.25. The zero-order valence-electron chi connectivity index (χ0n) is 12.9. The number of anilines is 1. The third-order valence-corrected chi connectivity index (χ3v) is 4.32. The van der Waals surface area contributed by atoms with Crippen LogP contribution in [-0.4, -0.2) is 18.4 Å². The Morgan fingerprint density at radius 2 is 1.91 bits per heavy atom. The van der Waals surface area contributed by atoms with Gasteiger partial charge in [0, 0.05) is 5.69 Å². The van der Waals surface area contributed by atoms with E-state index in [4.69, 9.17) is 9.47 Å². The van der Waals surface area contributed by atoms with Gasteiger partial charge in [-0.15, -0.1) is 0 Å². The Hall–Kier alpha value is -2.69. The lowest BCUT2D eigenvalue weighted by Gasteiger charge is -2.37. The van der Waals surface area contributed by atoms with Crippen LogP contribution in [0.1, 0.15) is 29.3 Å². The minimum absolute atomic E-state index is 0.0347. The molecule has 0 bridgehead atoms. The van der Waals surface area contributed by atoms with Crippen molar-refractivity contribution in [1.29, 1.82) is 0 Å². The van der Waals surface area contributed by atoms with Crippen LogP contribution in [0.5, 0.6) is 11.5 Å². The van der Waals surface area contributed by atoms with E-state index in [1.54, 1.807) is 0 Å². The van der Waals surface area contributed by atoms with E-state index in [9.17, 15) is 4.79 Å². The van der Waals surface area contributed by atoms with E-state index in [0.717, 1.165) is 35.6 Å². The Morgan fingerprint density at radius 3 is 2.83 bits per heavy atom. The van der Waals surface area contributed by atoms with Crippen LogP contribution < -0.4 is 20.1 Å². The van der Waals surface area contributed by atoms with Crippen molar-refractivity contribution in [2.45, 2.75) is 25.4 Å². The molecule has 0 fully saturated rings. The number of para-hydroxylation sites is 1. The number of ether oxygens (including phenoxy) is 2. The van der Waals surface area contributed by atoms with E-state index >= 15 is 0 Å². The van der Waals surface area contributed by atoms with Crippen LogP contribution in [0.25, 0.3) is 0 Å². The number of benzene rings is 2. The molecular formula is C18H18N2O3. The van der Waals surface area contributed by atoms with Crippen LogP contribution in [0.4, 0.5) is 5.69 Å². The minimum Gasteiger partial charge on any atom is -0.454 e. The van der Waals surface area contributed by atoms with Gasteiger partial charge in [-0.3, -0.25) is 4.79 Å². The summed E-state index contributed by atoms with van der Waals surface area (Å²) in [6, 6.07) is 13.5. The number of carbonyl (C=O) groups excluding carboxylic acids is 1. The Bertz CT molecular complexity index is 775. The predicted molar refractivity (Wildman–Crippen MR) is 86.8 cm³/mol. The van der Waals surface area contributed by atoms with Gasteiger partial charge in [0.2, 0.25) is 6.79 Å². The van der Waals surface area contributed by atoms with Crippen molar-refractivity contribution < 1.29 is 14.3 Å². The molecule has 1 amide bonds. The second kappa shape index (κ2) is 5.19. The molecule has 0 aromatic heterocycles. The maximum absolute atomic E-state index is 12.3. The fourth-order valence-corrected chi connectivity index (χ4v) is 3.05. The standard InChI is InChI=1S/C18H18N2O3/c1-18(19-14-5-3-2-4-13(14)17(21)20-18)9-8-12-6-7-15-16(10-12)23-11-22-15/h2-7,10,19H,8-9,11H2,1H3,(H,20,21)/t18-/m0/s1. The normalized spacial score (nSPS) is 21.3. The topological polar surface area (TPSA) is 59.6 Å². The van der Waals surface area contributed by atoms with Gasteiger partial charge in [0.05, 0.1) is 5.56 Å². The quantitative estimate of drug-likeness (QED) is 0.915. The Morgan fingerprint density at radius 1 is 1.09 bits per heavy atom. The van der Waals surface area contributed by atoms with Crippen molar-refractivity contribution in [1.82, 2.24) is 5.32 Å². The van der Waals surface area contributed by atoms with Crippen LogP contribution in [0.3, 0.4) is 0 Å². The van der Waals surface area contributed by atoms with Gasteiger partial charge in [0.15, 0.2) is 11.5 Å². The smallest absolute Gasteiger partial charge is 0.255 e. The number of hydrogen-bond acceptors (Lipinski definition) is 4. The zero-order valence-corrected chi connectivity index (χ0v) is 12.9. The molecule has 2 aromatic rings. The number of aryl methyl sites for hydroxylation is 1. The van der Waals surface area contributed by atoms with Crippen molar-refractivity contribution in [2.75, 3.05) is 12.1 Å². The maximum atomic E-state index is 12.3. The molecule has 0 unspecified atom stereocenters. The second-order valence-electron chi connectivity index (χ2n) is 6.14. The molecule has 4 rings (SSSR count).